The Hall–Kier alpha value is -1.39. The van der Waals surface area contributed by atoms with Gasteiger partial charge in [0.15, 0.2) is 0 Å². The lowest BCUT2D eigenvalue weighted by Crippen LogP contribution is -2.30. The van der Waals surface area contributed by atoms with E-state index >= 15 is 0 Å². The number of carboxylic acids is 1. The zero-order valence-electron chi connectivity index (χ0n) is 22.2. The van der Waals surface area contributed by atoms with Crippen molar-refractivity contribution < 1.29 is 20.1 Å². The third-order valence-electron chi connectivity index (χ3n) is 7.75. The van der Waals surface area contributed by atoms with Gasteiger partial charge in [0.25, 0.3) is 0 Å². The normalized spacial score (nSPS) is 23.2. The van der Waals surface area contributed by atoms with Crippen molar-refractivity contribution in [2.75, 3.05) is 0 Å². The van der Waals surface area contributed by atoms with Gasteiger partial charge in [0, 0.05) is 11.9 Å². The van der Waals surface area contributed by atoms with Crippen LogP contribution in [0.3, 0.4) is 0 Å². The number of aliphatic carboxylic acids is 1. The lowest BCUT2D eigenvalue weighted by Gasteiger charge is -2.27. The van der Waals surface area contributed by atoms with Gasteiger partial charge in [-0.15, -0.1) is 0 Å². The molecule has 0 aromatic rings. The zero-order valence-corrected chi connectivity index (χ0v) is 22.2. The largest absolute Gasteiger partial charge is 0.550 e. The number of allylic oxidation sites excluding steroid dienone is 4. The number of carboxylic acid groups (broad SMARTS) is 1. The van der Waals surface area contributed by atoms with Crippen LogP contribution in [0, 0.1) is 17.8 Å². The first-order valence-corrected chi connectivity index (χ1v) is 13.0. The van der Waals surface area contributed by atoms with Gasteiger partial charge in [-0.2, -0.15) is 0 Å². The van der Waals surface area contributed by atoms with E-state index in [4.69, 9.17) is 0 Å². The molecule has 0 aliphatic heterocycles. The Morgan fingerprint density at radius 3 is 2.48 bits per heavy atom. The molecule has 0 bridgehead atoms. The molecule has 0 amide bonds. The minimum Gasteiger partial charge on any atom is -0.550 e. The Morgan fingerprint density at radius 1 is 1.18 bits per heavy atom. The van der Waals surface area contributed by atoms with Crippen LogP contribution in [0.1, 0.15) is 113 Å². The minimum absolute atomic E-state index is 0.225. The summed E-state index contributed by atoms with van der Waals surface area (Å²) in [6.07, 6.45) is 13.0. The number of carbonyl (C=O) groups excluding carboxylic acids is 1. The van der Waals surface area contributed by atoms with E-state index in [-0.39, 0.29) is 12.0 Å². The Labute approximate surface area is 202 Å². The summed E-state index contributed by atoms with van der Waals surface area (Å²) in [4.78, 5) is 10.8. The molecule has 33 heavy (non-hydrogen) atoms. The maximum atomic E-state index is 10.8. The summed E-state index contributed by atoms with van der Waals surface area (Å²) in [6.45, 7) is 14.4. The number of carbonyl (C=O) groups is 1. The fourth-order valence-corrected chi connectivity index (χ4v) is 4.64. The molecule has 0 spiro atoms. The molecule has 0 radical (unpaired) electrons. The Balaban J connectivity index is 2.28. The van der Waals surface area contributed by atoms with Crippen LogP contribution in [0.25, 0.3) is 0 Å². The van der Waals surface area contributed by atoms with E-state index in [0.29, 0.717) is 31.6 Å². The highest BCUT2D eigenvalue weighted by molar-refractivity contribution is 5.66. The number of hydrogen-bond donors (Lipinski definition) is 2. The van der Waals surface area contributed by atoms with Crippen molar-refractivity contribution in [3.05, 3.63) is 34.4 Å². The third kappa shape index (κ3) is 11.1. The van der Waals surface area contributed by atoms with Crippen molar-refractivity contribution in [2.24, 2.45) is 17.8 Å². The molecule has 0 aromatic carbocycles. The van der Waals surface area contributed by atoms with Gasteiger partial charge >= 0.3 is 0 Å². The molecule has 0 aromatic heterocycles. The molecule has 5 atom stereocenters. The first-order valence-electron chi connectivity index (χ1n) is 13.0. The monoisotopic (exact) mass is 461 g/mol. The molecule has 1 aliphatic carbocycles. The van der Waals surface area contributed by atoms with Gasteiger partial charge in [-0.1, -0.05) is 50.5 Å². The lowest BCUT2D eigenvalue weighted by molar-refractivity contribution is -0.311. The highest BCUT2D eigenvalue weighted by Crippen LogP contribution is 2.33. The van der Waals surface area contributed by atoms with E-state index in [2.05, 4.69) is 46.8 Å². The minimum atomic E-state index is -1.01. The average molecular weight is 462 g/mol. The molecule has 5 unspecified atom stereocenters. The number of aliphatic hydroxyl groups excluding tert-OH is 1. The predicted octanol–water partition coefficient (Wildman–Crippen LogP) is 5.88. The summed E-state index contributed by atoms with van der Waals surface area (Å²) < 4.78 is 0. The van der Waals surface area contributed by atoms with E-state index in [1.165, 1.54) is 35.1 Å². The molecule has 4 heteroatoms. The molecule has 0 fully saturated rings. The quantitative estimate of drug-likeness (QED) is 0.298. The lowest BCUT2D eigenvalue weighted by atomic mass is 9.81. The summed E-state index contributed by atoms with van der Waals surface area (Å²) in [5, 5.41) is 31.6. The zero-order chi connectivity index (χ0) is 25.2. The highest BCUT2D eigenvalue weighted by atomic mass is 16.4. The van der Waals surface area contributed by atoms with Crippen molar-refractivity contribution in [2.45, 2.75) is 124 Å². The predicted molar refractivity (Wildman–Crippen MR) is 136 cm³/mol. The van der Waals surface area contributed by atoms with Gasteiger partial charge < -0.3 is 20.1 Å². The fraction of sp³-hybridized carbons (Fsp3) is 0.759. The van der Waals surface area contributed by atoms with Crippen LogP contribution in [0.5, 0.6) is 0 Å². The van der Waals surface area contributed by atoms with Crippen LogP contribution in [-0.4, -0.2) is 27.9 Å². The maximum absolute atomic E-state index is 10.8. The summed E-state index contributed by atoms with van der Waals surface area (Å²) in [6, 6.07) is 0. The molecule has 1 rings (SSSR count). The van der Waals surface area contributed by atoms with Crippen molar-refractivity contribution >= 4 is 5.97 Å². The van der Waals surface area contributed by atoms with Gasteiger partial charge in [0.05, 0.1) is 11.7 Å². The van der Waals surface area contributed by atoms with Crippen LogP contribution in [0.2, 0.25) is 0 Å². The van der Waals surface area contributed by atoms with Crippen molar-refractivity contribution in [1.29, 1.82) is 0 Å². The summed E-state index contributed by atoms with van der Waals surface area (Å²) in [5.41, 5.74) is 4.64. The number of hydrogen-bond acceptors (Lipinski definition) is 4. The van der Waals surface area contributed by atoms with E-state index in [1.807, 2.05) is 6.92 Å². The second kappa shape index (κ2) is 14.1. The summed E-state index contributed by atoms with van der Waals surface area (Å²) in [5.74, 6) is -0.580. The topological polar surface area (TPSA) is 80.6 Å². The molecule has 2 N–H and O–H groups in total. The van der Waals surface area contributed by atoms with E-state index in [1.54, 1.807) is 6.92 Å². The summed E-state index contributed by atoms with van der Waals surface area (Å²) >= 11 is 0. The second-order valence-corrected chi connectivity index (χ2v) is 11.0. The van der Waals surface area contributed by atoms with Crippen LogP contribution >= 0.6 is 0 Å². The fourth-order valence-electron chi connectivity index (χ4n) is 4.64. The molecular weight excluding hydrogens is 412 g/mol. The van der Waals surface area contributed by atoms with Gasteiger partial charge in [-0.25, -0.2) is 0 Å². The molecule has 0 heterocycles. The van der Waals surface area contributed by atoms with E-state index < -0.39 is 17.5 Å². The number of rotatable bonds is 15. The Morgan fingerprint density at radius 2 is 1.85 bits per heavy atom. The second-order valence-electron chi connectivity index (χ2n) is 11.0. The van der Waals surface area contributed by atoms with Crippen LogP contribution in [0.15, 0.2) is 34.4 Å². The molecule has 0 saturated heterocycles. The highest BCUT2D eigenvalue weighted by Gasteiger charge is 2.23. The maximum Gasteiger partial charge on any atom is 0.0789 e. The van der Waals surface area contributed by atoms with Crippen LogP contribution in [-0.2, 0) is 4.79 Å². The molecule has 0 saturated carbocycles. The van der Waals surface area contributed by atoms with Gasteiger partial charge in [0.1, 0.15) is 0 Å². The Bertz CT molecular complexity index is 713. The van der Waals surface area contributed by atoms with Gasteiger partial charge in [-0.3, -0.25) is 0 Å². The SMILES string of the molecule is CC1=C(C)C(C)C(O)C=C1CCC(C)CCC/C(C)=C/CCC(C)(O)CCCC(C)C(=O)[O-]. The number of aliphatic hydroxyl groups is 2. The van der Waals surface area contributed by atoms with Crippen molar-refractivity contribution in [1.82, 2.24) is 0 Å². The molecule has 1 aliphatic rings. The first-order chi connectivity index (χ1) is 15.3. The van der Waals surface area contributed by atoms with Crippen LogP contribution < -0.4 is 5.11 Å². The molecule has 4 nitrogen and oxygen atoms in total. The third-order valence-corrected chi connectivity index (χ3v) is 7.75. The standard InChI is InChI=1S/C29H50O4/c1-20(13-9-17-29(7,33)18-10-14-22(3)28(31)32)11-8-12-21(2)15-16-26-19-27(30)25(6)23(4)24(26)5/h13,19,21-22,25,27,30,33H,8-12,14-18H2,1-7H3,(H,31,32)/p-1/b20-13+. The average Bonchev–Trinajstić information content (AvgIpc) is 2.73. The van der Waals surface area contributed by atoms with Crippen LogP contribution in [0.4, 0.5) is 0 Å². The van der Waals surface area contributed by atoms with E-state index in [9.17, 15) is 20.1 Å². The molecular formula is C29H49O4-. The van der Waals surface area contributed by atoms with Gasteiger partial charge in [-0.05, 0) is 108 Å². The van der Waals surface area contributed by atoms with Crippen molar-refractivity contribution in [3.63, 3.8) is 0 Å². The Kier molecular flexibility index (Phi) is 12.7. The first kappa shape index (κ1) is 29.6. The summed E-state index contributed by atoms with van der Waals surface area (Å²) in [7, 11) is 0. The molecule has 190 valence electrons. The van der Waals surface area contributed by atoms with E-state index in [0.717, 1.165) is 25.7 Å². The van der Waals surface area contributed by atoms with Gasteiger partial charge in [0.2, 0.25) is 0 Å². The smallest absolute Gasteiger partial charge is 0.0789 e. The van der Waals surface area contributed by atoms with Crippen molar-refractivity contribution in [3.8, 4) is 0 Å².